The Bertz CT molecular complexity index is 1340. The van der Waals surface area contributed by atoms with Crippen LogP contribution in [0.15, 0.2) is 61.3 Å². The van der Waals surface area contributed by atoms with E-state index in [1.54, 1.807) is 6.33 Å². The first kappa shape index (κ1) is 23.0. The van der Waals surface area contributed by atoms with Crippen molar-refractivity contribution in [1.82, 2.24) is 24.7 Å². The molecule has 0 amide bonds. The van der Waals surface area contributed by atoms with E-state index in [1.807, 2.05) is 23.9 Å². The van der Waals surface area contributed by atoms with Crippen LogP contribution in [-0.4, -0.2) is 37.8 Å². The van der Waals surface area contributed by atoms with Gasteiger partial charge >= 0.3 is 0 Å². The van der Waals surface area contributed by atoms with Crippen LogP contribution in [0.4, 0.5) is 17.3 Å². The number of aryl methyl sites for hydroxylation is 1. The molecule has 5 rings (SSSR count). The van der Waals surface area contributed by atoms with Gasteiger partial charge in [-0.05, 0) is 64.3 Å². The van der Waals surface area contributed by atoms with E-state index in [1.165, 1.54) is 5.56 Å². The van der Waals surface area contributed by atoms with Gasteiger partial charge in [0.05, 0.1) is 16.6 Å². The lowest BCUT2D eigenvalue weighted by atomic mass is 9.90. The maximum atomic E-state index is 4.63. The molecular weight excluding hydrogens is 436 g/mol. The summed E-state index contributed by atoms with van der Waals surface area (Å²) in [6.45, 7) is 14.6. The fraction of sp³-hybridized carbons (Fsp3) is 0.370. The summed E-state index contributed by atoms with van der Waals surface area (Å²) in [4.78, 5) is 14.5. The number of H-pyrrole nitrogens is 1. The van der Waals surface area contributed by atoms with E-state index < -0.39 is 0 Å². The number of hydrogen-bond acceptors (Lipinski definition) is 6. The summed E-state index contributed by atoms with van der Waals surface area (Å²) in [6, 6.07) is 12.8. The maximum Gasteiger partial charge on any atom is 0.142 e. The Balaban J connectivity index is 1.29. The van der Waals surface area contributed by atoms with E-state index >= 15 is 0 Å². The molecule has 3 N–H and O–H groups in total. The molecule has 1 aliphatic rings. The van der Waals surface area contributed by atoms with Crippen molar-refractivity contribution in [3.8, 4) is 0 Å². The minimum absolute atomic E-state index is 0.126. The van der Waals surface area contributed by atoms with E-state index in [-0.39, 0.29) is 5.54 Å². The van der Waals surface area contributed by atoms with Gasteiger partial charge in [0.15, 0.2) is 0 Å². The van der Waals surface area contributed by atoms with Crippen molar-refractivity contribution in [1.29, 1.82) is 0 Å². The number of aromatic amines is 1. The zero-order chi connectivity index (χ0) is 24.6. The van der Waals surface area contributed by atoms with Crippen LogP contribution in [0, 0.1) is 6.92 Å². The van der Waals surface area contributed by atoms with Crippen molar-refractivity contribution < 1.29 is 0 Å². The second-order valence-corrected chi connectivity index (χ2v) is 10.3. The van der Waals surface area contributed by atoms with E-state index in [0.29, 0.717) is 11.7 Å². The number of aromatic nitrogens is 5. The summed E-state index contributed by atoms with van der Waals surface area (Å²) in [7, 11) is 0. The first-order valence-corrected chi connectivity index (χ1v) is 12.2. The fourth-order valence-corrected chi connectivity index (χ4v) is 4.88. The molecule has 0 bridgehead atoms. The summed E-state index contributed by atoms with van der Waals surface area (Å²) >= 11 is 0. The minimum Gasteiger partial charge on any atom is -0.355 e. The number of rotatable bonds is 6. The van der Waals surface area contributed by atoms with Crippen LogP contribution in [0.25, 0.3) is 11.0 Å². The third-order valence-corrected chi connectivity index (χ3v) is 6.45. The molecule has 1 aromatic carbocycles. The van der Waals surface area contributed by atoms with Gasteiger partial charge in [-0.2, -0.15) is 5.10 Å². The molecule has 1 aliphatic heterocycles. The third-order valence-electron chi connectivity index (χ3n) is 6.45. The summed E-state index contributed by atoms with van der Waals surface area (Å²) in [5.41, 5.74) is 4.07. The van der Waals surface area contributed by atoms with E-state index in [9.17, 15) is 0 Å². The molecule has 4 heterocycles. The van der Waals surface area contributed by atoms with Gasteiger partial charge < -0.3 is 20.5 Å². The quantitative estimate of drug-likeness (QED) is 0.340. The zero-order valence-corrected chi connectivity index (χ0v) is 21.0. The van der Waals surface area contributed by atoms with Crippen molar-refractivity contribution in [2.75, 3.05) is 28.6 Å². The Morgan fingerprint density at radius 1 is 1.14 bits per heavy atom. The highest BCUT2D eigenvalue weighted by molar-refractivity contribution is 5.87. The average molecular weight is 471 g/mol. The SMILES string of the molecule is C=C(Nc1cccc(C2CCCN(c3ncnc4[nH]ccc34)C2)c1)Nc1cc(C)nn1C(C)(C)C. The fourth-order valence-electron chi connectivity index (χ4n) is 4.88. The van der Waals surface area contributed by atoms with Crippen molar-refractivity contribution in [3.05, 3.63) is 72.6 Å². The molecular formula is C27H34N8. The highest BCUT2D eigenvalue weighted by Crippen LogP contribution is 2.33. The molecule has 8 heteroatoms. The largest absolute Gasteiger partial charge is 0.355 e. The van der Waals surface area contributed by atoms with Crippen LogP contribution < -0.4 is 15.5 Å². The lowest BCUT2D eigenvalue weighted by Gasteiger charge is -2.34. The number of hydrogen-bond donors (Lipinski definition) is 3. The van der Waals surface area contributed by atoms with Crippen LogP contribution in [0.1, 0.15) is 50.8 Å². The number of fused-ring (bicyclic) bond motifs is 1. The smallest absolute Gasteiger partial charge is 0.142 e. The van der Waals surface area contributed by atoms with Gasteiger partial charge in [0.1, 0.15) is 29.4 Å². The molecule has 0 saturated carbocycles. The Morgan fingerprint density at radius 3 is 2.83 bits per heavy atom. The summed E-state index contributed by atoms with van der Waals surface area (Å²) in [6.07, 6.45) is 5.86. The van der Waals surface area contributed by atoms with Gasteiger partial charge in [0.2, 0.25) is 0 Å². The summed E-state index contributed by atoms with van der Waals surface area (Å²) in [5.74, 6) is 3.08. The standard InChI is InChI=1S/C27H34N8/c1-18-14-24(35(33-18)27(3,4)5)32-19(2)31-22-10-6-8-20(15-22)21-9-7-13-34(16-21)26-23-11-12-28-25(23)29-17-30-26/h6,8,10-12,14-15,17,21,31-32H,2,7,9,13,16H2,1,3-5H3,(H,28,29,30). The Morgan fingerprint density at radius 2 is 2.00 bits per heavy atom. The molecule has 0 aliphatic carbocycles. The van der Waals surface area contributed by atoms with Crippen LogP contribution >= 0.6 is 0 Å². The van der Waals surface area contributed by atoms with Crippen molar-refractivity contribution in [3.63, 3.8) is 0 Å². The lowest BCUT2D eigenvalue weighted by molar-refractivity contribution is 0.359. The van der Waals surface area contributed by atoms with E-state index in [2.05, 4.69) is 93.3 Å². The third kappa shape index (κ3) is 4.87. The van der Waals surface area contributed by atoms with Crippen molar-refractivity contribution >= 4 is 28.4 Å². The molecule has 1 saturated heterocycles. The first-order chi connectivity index (χ1) is 16.8. The molecule has 4 aromatic rings. The average Bonchev–Trinajstić information content (AvgIpc) is 3.45. The zero-order valence-electron chi connectivity index (χ0n) is 21.0. The predicted octanol–water partition coefficient (Wildman–Crippen LogP) is 5.60. The summed E-state index contributed by atoms with van der Waals surface area (Å²) in [5, 5.41) is 12.5. The molecule has 1 unspecified atom stereocenters. The van der Waals surface area contributed by atoms with Gasteiger partial charge in [-0.3, -0.25) is 0 Å². The molecule has 0 spiro atoms. The summed E-state index contributed by atoms with van der Waals surface area (Å²) < 4.78 is 2.00. The van der Waals surface area contributed by atoms with Crippen LogP contribution in [0.5, 0.6) is 0 Å². The number of piperidine rings is 1. The monoisotopic (exact) mass is 470 g/mol. The topological polar surface area (TPSA) is 86.7 Å². The van der Waals surface area contributed by atoms with Crippen LogP contribution in [0.3, 0.4) is 0 Å². The second-order valence-electron chi connectivity index (χ2n) is 10.3. The van der Waals surface area contributed by atoms with Gasteiger partial charge in [-0.15, -0.1) is 0 Å². The van der Waals surface area contributed by atoms with Gasteiger partial charge in [-0.1, -0.05) is 18.7 Å². The Hall–Kier alpha value is -3.81. The maximum absolute atomic E-state index is 4.63. The minimum atomic E-state index is -0.126. The molecule has 3 aromatic heterocycles. The Kier molecular flexibility index (Phi) is 5.96. The molecule has 182 valence electrons. The van der Waals surface area contributed by atoms with Gasteiger partial charge in [-0.25, -0.2) is 14.6 Å². The van der Waals surface area contributed by atoms with E-state index in [0.717, 1.165) is 60.0 Å². The van der Waals surface area contributed by atoms with E-state index in [4.69, 9.17) is 0 Å². The van der Waals surface area contributed by atoms with Crippen LogP contribution in [-0.2, 0) is 5.54 Å². The molecule has 1 fully saturated rings. The van der Waals surface area contributed by atoms with Gasteiger partial charge in [0.25, 0.3) is 0 Å². The Labute approximate surface area is 206 Å². The second kappa shape index (κ2) is 9.09. The molecule has 35 heavy (non-hydrogen) atoms. The number of benzene rings is 1. The van der Waals surface area contributed by atoms with Crippen molar-refractivity contribution in [2.45, 2.75) is 52.0 Å². The highest BCUT2D eigenvalue weighted by atomic mass is 15.4. The predicted molar refractivity (Wildman–Crippen MR) is 143 cm³/mol. The number of nitrogens with zero attached hydrogens (tertiary/aromatic N) is 5. The van der Waals surface area contributed by atoms with Crippen LogP contribution in [0.2, 0.25) is 0 Å². The van der Waals surface area contributed by atoms with Crippen molar-refractivity contribution in [2.24, 2.45) is 0 Å². The molecule has 0 radical (unpaired) electrons. The number of anilines is 3. The molecule has 8 nitrogen and oxygen atoms in total. The highest BCUT2D eigenvalue weighted by Gasteiger charge is 2.24. The number of nitrogens with one attached hydrogen (secondary N) is 3. The first-order valence-electron chi connectivity index (χ1n) is 12.2. The molecule has 1 atom stereocenters. The normalized spacial score (nSPS) is 16.5. The lowest BCUT2D eigenvalue weighted by Crippen LogP contribution is -2.35. The van der Waals surface area contributed by atoms with Gasteiger partial charge in [0, 0.05) is 37.0 Å².